The van der Waals surface area contributed by atoms with Gasteiger partial charge in [-0.25, -0.2) is 18.0 Å². The highest BCUT2D eigenvalue weighted by atomic mass is 32.2. The summed E-state index contributed by atoms with van der Waals surface area (Å²) >= 11 is 0.990. The fourth-order valence-corrected chi connectivity index (χ4v) is 7.78. The Bertz CT molecular complexity index is 1400. The zero-order valence-corrected chi connectivity index (χ0v) is 22.5. The number of ether oxygens (including phenoxy) is 1. The molecule has 202 valence electrons. The van der Waals surface area contributed by atoms with Gasteiger partial charge >= 0.3 is 11.9 Å². The molecule has 1 fully saturated rings. The smallest absolute Gasteiger partial charge is 0.349 e. The largest absolute Gasteiger partial charge is 0.480 e. The molecule has 0 bridgehead atoms. The van der Waals surface area contributed by atoms with Crippen LogP contribution in [0.4, 0.5) is 5.69 Å². The lowest BCUT2D eigenvalue weighted by atomic mass is 9.97. The number of thiophene rings is 1. The van der Waals surface area contributed by atoms with Gasteiger partial charge in [0.1, 0.15) is 11.1 Å². The molecule has 1 aliphatic rings. The first-order valence-corrected chi connectivity index (χ1v) is 14.7. The Morgan fingerprint density at radius 1 is 1.11 bits per heavy atom. The molecule has 2 heterocycles. The van der Waals surface area contributed by atoms with Crippen molar-refractivity contribution in [2.45, 2.75) is 30.9 Å². The molecule has 9 nitrogen and oxygen atoms in total. The highest BCUT2D eigenvalue weighted by Gasteiger charge is 2.34. The zero-order valence-electron chi connectivity index (χ0n) is 20.8. The van der Waals surface area contributed by atoms with Crippen molar-refractivity contribution in [3.8, 4) is 16.2 Å². The third-order valence-electron chi connectivity index (χ3n) is 6.47. The minimum absolute atomic E-state index is 0.0243. The van der Waals surface area contributed by atoms with Crippen molar-refractivity contribution in [3.05, 3.63) is 70.6 Å². The first-order valence-electron chi connectivity index (χ1n) is 12.2. The summed E-state index contributed by atoms with van der Waals surface area (Å²) in [6.07, 6.45) is 1.45. The average molecular weight is 559 g/mol. The second kappa shape index (κ2) is 12.0. The van der Waals surface area contributed by atoms with Crippen molar-refractivity contribution < 1.29 is 33.0 Å². The molecular formula is C27H30N2O7S2. The molecule has 1 saturated heterocycles. The van der Waals surface area contributed by atoms with Gasteiger partial charge in [-0.15, -0.1) is 11.3 Å². The Labute approximate surface area is 225 Å². The quantitative estimate of drug-likeness (QED) is 0.272. The van der Waals surface area contributed by atoms with Gasteiger partial charge in [-0.3, -0.25) is 0 Å². The number of hydrogen-bond donors (Lipinski definition) is 4. The molecule has 4 rings (SSSR count). The third kappa shape index (κ3) is 6.53. The van der Waals surface area contributed by atoms with E-state index in [4.69, 9.17) is 9.84 Å². The lowest BCUT2D eigenvalue weighted by molar-refractivity contribution is -0.139. The number of sulfone groups is 1. The number of hydrogen-bond acceptors (Lipinski definition) is 8. The van der Waals surface area contributed by atoms with Crippen molar-refractivity contribution >= 4 is 38.8 Å². The summed E-state index contributed by atoms with van der Waals surface area (Å²) < 4.78 is 32.6. The number of benzene rings is 2. The molecule has 11 heteroatoms. The predicted octanol–water partition coefficient (Wildman–Crippen LogP) is 4.24. The summed E-state index contributed by atoms with van der Waals surface area (Å²) in [6.45, 7) is 2.51. The molecule has 0 spiro atoms. The maximum absolute atomic E-state index is 13.7. The number of piperidine rings is 1. The van der Waals surface area contributed by atoms with E-state index in [1.807, 2.05) is 18.2 Å². The average Bonchev–Trinajstić information content (AvgIpc) is 3.23. The number of carbonyl (C=O) groups is 2. The van der Waals surface area contributed by atoms with Gasteiger partial charge in [0.05, 0.1) is 5.75 Å². The Balaban J connectivity index is 1.66. The number of aromatic carboxylic acids is 1. The summed E-state index contributed by atoms with van der Waals surface area (Å²) in [6, 6.07) is 16.3. The molecule has 4 N–H and O–H groups in total. The van der Waals surface area contributed by atoms with E-state index in [1.165, 1.54) is 0 Å². The number of rotatable bonds is 11. The lowest BCUT2D eigenvalue weighted by Gasteiger charge is -2.32. The van der Waals surface area contributed by atoms with Crippen LogP contribution < -0.4 is 15.4 Å². The van der Waals surface area contributed by atoms with E-state index < -0.39 is 33.8 Å². The van der Waals surface area contributed by atoms with E-state index in [0.29, 0.717) is 21.7 Å². The second-order valence-electron chi connectivity index (χ2n) is 9.23. The molecule has 38 heavy (non-hydrogen) atoms. The first-order chi connectivity index (χ1) is 18.2. The van der Waals surface area contributed by atoms with Crippen LogP contribution in [0.5, 0.6) is 5.75 Å². The van der Waals surface area contributed by atoms with Crippen molar-refractivity contribution in [2.75, 3.05) is 25.0 Å². The Hall–Kier alpha value is -3.41. The van der Waals surface area contributed by atoms with Crippen LogP contribution in [0, 0.1) is 12.8 Å². The number of anilines is 1. The van der Waals surface area contributed by atoms with Gasteiger partial charge in [-0.05, 0) is 62.0 Å². The SMILES string of the molecule is Cc1c(-c2cccc(NC(C3CCNCC3)S(=O)(=O)Cc3ccccc3)c2)sc(C(=O)O)c1OCC(=O)O. The summed E-state index contributed by atoms with van der Waals surface area (Å²) in [7, 11) is -3.58. The fourth-order valence-electron chi connectivity index (χ4n) is 4.68. The molecular weight excluding hydrogens is 528 g/mol. The first kappa shape index (κ1) is 27.6. The van der Waals surface area contributed by atoms with Gasteiger partial charge in [0.2, 0.25) is 0 Å². The van der Waals surface area contributed by atoms with Gasteiger partial charge in [0, 0.05) is 16.1 Å². The minimum Gasteiger partial charge on any atom is -0.480 e. The highest BCUT2D eigenvalue weighted by molar-refractivity contribution is 7.91. The lowest BCUT2D eigenvalue weighted by Crippen LogP contribution is -2.43. The number of carboxylic acid groups (broad SMARTS) is 2. The molecule has 1 unspecified atom stereocenters. The Kier molecular flexibility index (Phi) is 8.70. The van der Waals surface area contributed by atoms with Crippen LogP contribution in [-0.2, 0) is 20.4 Å². The molecule has 0 aliphatic carbocycles. The van der Waals surface area contributed by atoms with Gasteiger partial charge in [0.25, 0.3) is 0 Å². The van der Waals surface area contributed by atoms with Gasteiger partial charge in [-0.2, -0.15) is 0 Å². The van der Waals surface area contributed by atoms with Crippen LogP contribution in [0.25, 0.3) is 10.4 Å². The van der Waals surface area contributed by atoms with Crippen LogP contribution in [0.1, 0.15) is 33.6 Å². The van der Waals surface area contributed by atoms with Crippen molar-refractivity contribution in [1.29, 1.82) is 0 Å². The van der Waals surface area contributed by atoms with Gasteiger partial charge in [0.15, 0.2) is 21.3 Å². The molecule has 1 aromatic heterocycles. The maximum atomic E-state index is 13.7. The van der Waals surface area contributed by atoms with E-state index in [0.717, 1.165) is 42.8 Å². The fraction of sp³-hybridized carbons (Fsp3) is 0.333. The summed E-state index contributed by atoms with van der Waals surface area (Å²) in [5, 5.41) is 24.4. The Morgan fingerprint density at radius 2 is 1.82 bits per heavy atom. The third-order valence-corrected chi connectivity index (χ3v) is 9.79. The van der Waals surface area contributed by atoms with E-state index in [2.05, 4.69) is 10.6 Å². The van der Waals surface area contributed by atoms with Gasteiger partial charge < -0.3 is 25.6 Å². The maximum Gasteiger partial charge on any atom is 0.349 e. The predicted molar refractivity (Wildman–Crippen MR) is 147 cm³/mol. The molecule has 2 aromatic carbocycles. The minimum atomic E-state index is -3.58. The normalized spacial score (nSPS) is 15.1. The summed E-state index contributed by atoms with van der Waals surface area (Å²) in [5.74, 6) is -2.55. The van der Waals surface area contributed by atoms with Crippen LogP contribution in [0.2, 0.25) is 0 Å². The van der Waals surface area contributed by atoms with E-state index >= 15 is 0 Å². The van der Waals surface area contributed by atoms with Crippen LogP contribution in [-0.4, -0.2) is 55.6 Å². The molecule has 3 aromatic rings. The molecule has 1 aliphatic heterocycles. The van der Waals surface area contributed by atoms with E-state index in [-0.39, 0.29) is 22.3 Å². The van der Waals surface area contributed by atoms with Crippen LogP contribution in [0.3, 0.4) is 0 Å². The topological polar surface area (TPSA) is 142 Å². The Morgan fingerprint density at radius 3 is 2.47 bits per heavy atom. The van der Waals surface area contributed by atoms with Crippen LogP contribution in [0.15, 0.2) is 54.6 Å². The van der Waals surface area contributed by atoms with E-state index in [9.17, 15) is 23.1 Å². The summed E-state index contributed by atoms with van der Waals surface area (Å²) in [4.78, 5) is 23.3. The standard InChI is InChI=1S/C27H30N2O7S2/c1-17-23(36-15-22(30)31)25(27(32)33)37-24(17)20-8-5-9-21(14-20)29-26(19-10-12-28-13-11-19)38(34,35)16-18-6-3-2-4-7-18/h2-9,14,19,26,28-29H,10-13,15-16H2,1H3,(H,30,31)(H,32,33). The van der Waals surface area contributed by atoms with Crippen LogP contribution >= 0.6 is 11.3 Å². The molecule has 0 saturated carbocycles. The number of carboxylic acids is 2. The molecule has 0 radical (unpaired) electrons. The zero-order chi connectivity index (χ0) is 27.3. The molecule has 1 atom stereocenters. The van der Waals surface area contributed by atoms with Crippen molar-refractivity contribution in [2.24, 2.45) is 5.92 Å². The van der Waals surface area contributed by atoms with Gasteiger partial charge in [-0.1, -0.05) is 42.5 Å². The van der Waals surface area contributed by atoms with Crippen molar-refractivity contribution in [1.82, 2.24) is 5.32 Å². The number of aliphatic carboxylic acids is 1. The summed E-state index contributed by atoms with van der Waals surface area (Å²) in [5.41, 5.74) is 2.51. The second-order valence-corrected chi connectivity index (χ2v) is 12.4. The highest BCUT2D eigenvalue weighted by Crippen LogP contribution is 2.42. The molecule has 0 amide bonds. The van der Waals surface area contributed by atoms with Crippen molar-refractivity contribution in [3.63, 3.8) is 0 Å². The number of nitrogens with one attached hydrogen (secondary N) is 2. The van der Waals surface area contributed by atoms with E-state index in [1.54, 1.807) is 43.3 Å². The monoisotopic (exact) mass is 558 g/mol.